The molecule has 0 bridgehead atoms. The molecule has 0 spiro atoms. The summed E-state index contributed by atoms with van der Waals surface area (Å²) < 4.78 is 16.1. The molecule has 0 aliphatic carbocycles. The van der Waals surface area contributed by atoms with E-state index in [0.717, 1.165) is 16.9 Å². The lowest BCUT2D eigenvalue weighted by molar-refractivity contribution is -0.137. The van der Waals surface area contributed by atoms with Gasteiger partial charge in [0.05, 0.1) is 13.7 Å². The molecule has 0 radical (unpaired) electrons. The van der Waals surface area contributed by atoms with Crippen LogP contribution in [0, 0.1) is 6.92 Å². The lowest BCUT2D eigenvalue weighted by atomic mass is 10.1. The van der Waals surface area contributed by atoms with Gasteiger partial charge in [0.15, 0.2) is 6.10 Å². The molecule has 1 heterocycles. The molecule has 2 aromatic carbocycles. The van der Waals surface area contributed by atoms with Crippen molar-refractivity contribution in [3.8, 4) is 22.9 Å². The SMILES string of the molecule is COc1ccc(O[C@H](C)C(=O)N(C)Cc2nc(-c3ccc(C)cc3)no2)cc1. The largest absolute Gasteiger partial charge is 0.497 e. The van der Waals surface area contributed by atoms with Crippen LogP contribution in [0.1, 0.15) is 18.4 Å². The van der Waals surface area contributed by atoms with Crippen LogP contribution in [0.15, 0.2) is 53.1 Å². The molecule has 0 saturated heterocycles. The van der Waals surface area contributed by atoms with Gasteiger partial charge < -0.3 is 18.9 Å². The fourth-order valence-corrected chi connectivity index (χ4v) is 2.64. The minimum absolute atomic E-state index is 0.189. The van der Waals surface area contributed by atoms with E-state index in [4.69, 9.17) is 14.0 Å². The van der Waals surface area contributed by atoms with E-state index in [2.05, 4.69) is 10.1 Å². The van der Waals surface area contributed by atoms with Crippen molar-refractivity contribution in [3.63, 3.8) is 0 Å². The summed E-state index contributed by atoms with van der Waals surface area (Å²) >= 11 is 0. The van der Waals surface area contributed by atoms with E-state index in [1.54, 1.807) is 45.3 Å². The quantitative estimate of drug-likeness (QED) is 0.624. The molecule has 7 heteroatoms. The van der Waals surface area contributed by atoms with Crippen LogP contribution in [0.25, 0.3) is 11.4 Å². The minimum Gasteiger partial charge on any atom is -0.497 e. The maximum atomic E-state index is 12.6. The summed E-state index contributed by atoms with van der Waals surface area (Å²) in [5.74, 6) is 1.99. The van der Waals surface area contributed by atoms with Crippen LogP contribution in [0.3, 0.4) is 0 Å². The number of likely N-dealkylation sites (N-methyl/N-ethyl adjacent to an activating group) is 1. The number of nitrogens with zero attached hydrogens (tertiary/aromatic N) is 3. The van der Waals surface area contributed by atoms with E-state index in [-0.39, 0.29) is 12.5 Å². The van der Waals surface area contributed by atoms with Gasteiger partial charge in [-0.15, -0.1) is 0 Å². The third kappa shape index (κ3) is 4.68. The second-order valence-corrected chi connectivity index (χ2v) is 6.51. The van der Waals surface area contributed by atoms with Gasteiger partial charge in [-0.2, -0.15) is 4.98 Å². The highest BCUT2D eigenvalue weighted by Gasteiger charge is 2.21. The smallest absolute Gasteiger partial charge is 0.263 e. The highest BCUT2D eigenvalue weighted by molar-refractivity contribution is 5.80. The van der Waals surface area contributed by atoms with Crippen LogP contribution in [0.2, 0.25) is 0 Å². The number of benzene rings is 2. The van der Waals surface area contributed by atoms with Gasteiger partial charge in [0, 0.05) is 12.6 Å². The zero-order chi connectivity index (χ0) is 20.1. The normalized spacial score (nSPS) is 11.7. The first-order chi connectivity index (χ1) is 13.5. The summed E-state index contributed by atoms with van der Waals surface area (Å²) in [6.07, 6.45) is -0.655. The molecule has 1 aromatic heterocycles. The monoisotopic (exact) mass is 381 g/mol. The van der Waals surface area contributed by atoms with Crippen LogP contribution in [0.4, 0.5) is 0 Å². The van der Waals surface area contributed by atoms with Crippen molar-refractivity contribution in [1.82, 2.24) is 15.0 Å². The number of aryl methyl sites for hydroxylation is 1. The van der Waals surface area contributed by atoms with Crippen LogP contribution < -0.4 is 9.47 Å². The van der Waals surface area contributed by atoms with E-state index >= 15 is 0 Å². The number of hydrogen-bond donors (Lipinski definition) is 0. The number of aromatic nitrogens is 2. The second kappa shape index (κ2) is 8.56. The van der Waals surface area contributed by atoms with Crippen molar-refractivity contribution >= 4 is 5.91 Å². The van der Waals surface area contributed by atoms with Crippen LogP contribution in [-0.4, -0.2) is 41.2 Å². The molecule has 7 nitrogen and oxygen atoms in total. The highest BCUT2D eigenvalue weighted by atomic mass is 16.5. The molecule has 3 aromatic rings. The third-order valence-corrected chi connectivity index (χ3v) is 4.25. The maximum Gasteiger partial charge on any atom is 0.263 e. The fourth-order valence-electron chi connectivity index (χ4n) is 2.64. The molecule has 0 N–H and O–H groups in total. The molecule has 28 heavy (non-hydrogen) atoms. The summed E-state index contributed by atoms with van der Waals surface area (Å²) in [6, 6.07) is 14.9. The van der Waals surface area contributed by atoms with Crippen molar-refractivity contribution in [2.24, 2.45) is 0 Å². The van der Waals surface area contributed by atoms with E-state index in [1.165, 1.54) is 4.90 Å². The summed E-state index contributed by atoms with van der Waals surface area (Å²) in [5, 5.41) is 3.99. The Morgan fingerprint density at radius 3 is 2.39 bits per heavy atom. The van der Waals surface area contributed by atoms with Gasteiger partial charge in [-0.25, -0.2) is 0 Å². The number of ether oxygens (including phenoxy) is 2. The Morgan fingerprint density at radius 1 is 1.11 bits per heavy atom. The first-order valence-corrected chi connectivity index (χ1v) is 8.91. The molecule has 0 unspecified atom stereocenters. The molecule has 1 atom stereocenters. The minimum atomic E-state index is -0.655. The summed E-state index contributed by atoms with van der Waals surface area (Å²) in [6.45, 7) is 3.92. The highest BCUT2D eigenvalue weighted by Crippen LogP contribution is 2.19. The first kappa shape index (κ1) is 19.4. The average Bonchev–Trinajstić information content (AvgIpc) is 3.16. The van der Waals surface area contributed by atoms with Crippen LogP contribution >= 0.6 is 0 Å². The Balaban J connectivity index is 1.59. The van der Waals surface area contributed by atoms with E-state index in [0.29, 0.717) is 17.5 Å². The van der Waals surface area contributed by atoms with E-state index in [9.17, 15) is 4.79 Å². The molecule has 3 rings (SSSR count). The Morgan fingerprint density at radius 2 is 1.75 bits per heavy atom. The van der Waals surface area contributed by atoms with Gasteiger partial charge in [-0.1, -0.05) is 35.0 Å². The van der Waals surface area contributed by atoms with Crippen molar-refractivity contribution in [2.75, 3.05) is 14.2 Å². The van der Waals surface area contributed by atoms with Crippen molar-refractivity contribution in [1.29, 1.82) is 0 Å². The van der Waals surface area contributed by atoms with Gasteiger partial charge in [0.2, 0.25) is 11.7 Å². The van der Waals surface area contributed by atoms with Gasteiger partial charge in [-0.05, 0) is 38.1 Å². The van der Waals surface area contributed by atoms with Crippen LogP contribution in [0.5, 0.6) is 11.5 Å². The van der Waals surface area contributed by atoms with E-state index in [1.807, 2.05) is 31.2 Å². The molecule has 0 saturated carbocycles. The van der Waals surface area contributed by atoms with E-state index < -0.39 is 6.10 Å². The zero-order valence-electron chi connectivity index (χ0n) is 16.4. The summed E-state index contributed by atoms with van der Waals surface area (Å²) in [4.78, 5) is 18.4. The molecule has 146 valence electrons. The second-order valence-electron chi connectivity index (χ2n) is 6.51. The first-order valence-electron chi connectivity index (χ1n) is 8.91. The van der Waals surface area contributed by atoms with Crippen molar-refractivity contribution in [3.05, 3.63) is 60.0 Å². The Hall–Kier alpha value is -3.35. The Kier molecular flexibility index (Phi) is 5.93. The molecule has 1 amide bonds. The molecule has 0 aliphatic rings. The lowest BCUT2D eigenvalue weighted by Crippen LogP contribution is -2.37. The maximum absolute atomic E-state index is 12.6. The fraction of sp³-hybridized carbons (Fsp3) is 0.286. The predicted molar refractivity (Wildman–Crippen MR) is 104 cm³/mol. The number of carbonyl (C=O) groups is 1. The number of amides is 1. The zero-order valence-corrected chi connectivity index (χ0v) is 16.4. The summed E-state index contributed by atoms with van der Waals surface area (Å²) in [7, 11) is 3.27. The van der Waals surface area contributed by atoms with Gasteiger partial charge in [-0.3, -0.25) is 4.79 Å². The molecular weight excluding hydrogens is 358 g/mol. The number of hydrogen-bond acceptors (Lipinski definition) is 6. The molecular formula is C21H23N3O4. The predicted octanol–water partition coefficient (Wildman–Crippen LogP) is 3.48. The van der Waals surface area contributed by atoms with Gasteiger partial charge in [0.1, 0.15) is 11.5 Å². The van der Waals surface area contributed by atoms with Gasteiger partial charge >= 0.3 is 0 Å². The standard InChI is InChI=1S/C21H23N3O4/c1-14-5-7-16(8-6-14)20-22-19(28-23-20)13-24(3)21(25)15(2)27-18-11-9-17(26-4)10-12-18/h5-12,15H,13H2,1-4H3/t15-/m1/s1. The lowest BCUT2D eigenvalue weighted by Gasteiger charge is -2.20. The Labute approximate surface area is 163 Å². The Bertz CT molecular complexity index is 920. The van der Waals surface area contributed by atoms with Gasteiger partial charge in [0.25, 0.3) is 5.91 Å². The summed E-state index contributed by atoms with van der Waals surface area (Å²) in [5.41, 5.74) is 2.02. The number of carbonyl (C=O) groups excluding carboxylic acids is 1. The number of methoxy groups -OCH3 is 1. The number of rotatable bonds is 7. The topological polar surface area (TPSA) is 77.7 Å². The van der Waals surface area contributed by atoms with Crippen molar-refractivity contribution in [2.45, 2.75) is 26.5 Å². The molecule has 0 aliphatic heterocycles. The third-order valence-electron chi connectivity index (χ3n) is 4.25. The van der Waals surface area contributed by atoms with Crippen molar-refractivity contribution < 1.29 is 18.8 Å². The average molecular weight is 381 g/mol. The van der Waals surface area contributed by atoms with Crippen LogP contribution in [-0.2, 0) is 11.3 Å². The molecule has 0 fully saturated rings.